The molecular formula is C10H12N4O4. The van der Waals surface area contributed by atoms with E-state index in [9.17, 15) is 9.59 Å². The highest BCUT2D eigenvalue weighted by Gasteiger charge is 2.19. The normalized spacial score (nSPS) is 20.1. The van der Waals surface area contributed by atoms with Crippen molar-refractivity contribution in [1.82, 2.24) is 19.7 Å². The predicted octanol–water partition coefficient (Wildman–Crippen LogP) is -0.632. The molecule has 1 unspecified atom stereocenters. The van der Waals surface area contributed by atoms with Gasteiger partial charge in [-0.05, 0) is 12.8 Å². The summed E-state index contributed by atoms with van der Waals surface area (Å²) < 4.78 is 6.34. The van der Waals surface area contributed by atoms with E-state index in [2.05, 4.69) is 15.0 Å². The summed E-state index contributed by atoms with van der Waals surface area (Å²) in [6.45, 7) is 0.604. The molecule has 2 aromatic heterocycles. The Morgan fingerprint density at radius 1 is 1.44 bits per heavy atom. The maximum absolute atomic E-state index is 11.7. The van der Waals surface area contributed by atoms with Gasteiger partial charge in [-0.2, -0.15) is 0 Å². The number of H-pyrrole nitrogens is 2. The average Bonchev–Trinajstić information content (AvgIpc) is 2.85. The summed E-state index contributed by atoms with van der Waals surface area (Å²) in [5.74, 6) is 0. The molecule has 8 nitrogen and oxygen atoms in total. The number of nitrogens with zero attached hydrogens (tertiary/aromatic N) is 2. The van der Waals surface area contributed by atoms with Crippen molar-refractivity contribution in [2.45, 2.75) is 25.6 Å². The Bertz CT molecular complexity index is 664. The summed E-state index contributed by atoms with van der Waals surface area (Å²) in [4.78, 5) is 37.3. The lowest BCUT2D eigenvalue weighted by Gasteiger charge is -2.23. The van der Waals surface area contributed by atoms with Gasteiger partial charge in [0.2, 0.25) is 11.9 Å². The van der Waals surface area contributed by atoms with E-state index in [0.29, 0.717) is 13.0 Å². The Hall–Kier alpha value is -2.09. The second-order valence-corrected chi connectivity index (χ2v) is 4.06. The first kappa shape index (κ1) is 11.0. The van der Waals surface area contributed by atoms with Gasteiger partial charge in [-0.1, -0.05) is 0 Å². The topological polar surface area (TPSA) is 102 Å². The Balaban J connectivity index is 2.02. The van der Waals surface area contributed by atoms with Gasteiger partial charge >= 0.3 is 5.69 Å². The van der Waals surface area contributed by atoms with Crippen LogP contribution in [0.15, 0.2) is 15.9 Å². The van der Waals surface area contributed by atoms with Gasteiger partial charge in [-0.25, -0.2) is 9.78 Å². The SMILES string of the molecule is O=c1[nH]c(=O)n(OC2CCCCO2)c2nc[nH]c12. The Labute approximate surface area is 101 Å². The van der Waals surface area contributed by atoms with E-state index in [4.69, 9.17) is 9.57 Å². The van der Waals surface area contributed by atoms with Gasteiger partial charge in [-0.15, -0.1) is 4.73 Å². The minimum atomic E-state index is -0.659. The molecule has 96 valence electrons. The predicted molar refractivity (Wildman–Crippen MR) is 61.1 cm³/mol. The van der Waals surface area contributed by atoms with Gasteiger partial charge in [0.15, 0.2) is 5.52 Å². The van der Waals surface area contributed by atoms with E-state index in [0.717, 1.165) is 17.6 Å². The van der Waals surface area contributed by atoms with E-state index >= 15 is 0 Å². The van der Waals surface area contributed by atoms with Crippen molar-refractivity contribution in [3.63, 3.8) is 0 Å². The van der Waals surface area contributed by atoms with Crippen LogP contribution in [0.25, 0.3) is 11.2 Å². The Morgan fingerprint density at radius 2 is 2.33 bits per heavy atom. The zero-order valence-electron chi connectivity index (χ0n) is 9.51. The third-order valence-corrected chi connectivity index (χ3v) is 2.80. The number of aromatic nitrogens is 4. The summed E-state index contributed by atoms with van der Waals surface area (Å²) in [5, 5.41) is 0. The van der Waals surface area contributed by atoms with Crippen LogP contribution in [0, 0.1) is 0 Å². The summed E-state index contributed by atoms with van der Waals surface area (Å²) in [6, 6.07) is 0. The number of ether oxygens (including phenoxy) is 1. The zero-order chi connectivity index (χ0) is 12.5. The average molecular weight is 252 g/mol. The fourth-order valence-corrected chi connectivity index (χ4v) is 1.92. The fraction of sp³-hybridized carbons (Fsp3) is 0.500. The summed E-state index contributed by atoms with van der Waals surface area (Å²) in [5.41, 5.74) is -0.811. The maximum atomic E-state index is 11.7. The van der Waals surface area contributed by atoms with Gasteiger partial charge in [-0.3, -0.25) is 9.78 Å². The third-order valence-electron chi connectivity index (χ3n) is 2.80. The van der Waals surface area contributed by atoms with Crippen molar-refractivity contribution >= 4 is 11.2 Å². The number of fused-ring (bicyclic) bond motifs is 1. The fourth-order valence-electron chi connectivity index (χ4n) is 1.92. The highest BCUT2D eigenvalue weighted by atomic mass is 16.8. The van der Waals surface area contributed by atoms with Crippen LogP contribution in [-0.4, -0.2) is 32.6 Å². The molecule has 1 saturated heterocycles. The quantitative estimate of drug-likeness (QED) is 0.740. The highest BCUT2D eigenvalue weighted by molar-refractivity contribution is 5.68. The number of rotatable bonds is 2. The number of hydrogen-bond acceptors (Lipinski definition) is 5. The summed E-state index contributed by atoms with van der Waals surface area (Å²) in [6.07, 6.45) is 3.52. The van der Waals surface area contributed by atoms with Crippen molar-refractivity contribution in [3.05, 3.63) is 27.2 Å². The summed E-state index contributed by atoms with van der Waals surface area (Å²) in [7, 11) is 0. The standard InChI is InChI=1S/C10H12N4O4/c15-9-7-8(12-5-11-7)14(10(16)13-9)18-6-3-1-2-4-17-6/h5-6H,1-4H2,(H,11,12)(H,13,15,16). The lowest BCUT2D eigenvalue weighted by molar-refractivity contribution is -0.164. The molecule has 0 aromatic carbocycles. The van der Waals surface area contributed by atoms with Crippen molar-refractivity contribution in [1.29, 1.82) is 0 Å². The first-order chi connectivity index (χ1) is 8.75. The minimum Gasteiger partial charge on any atom is -0.375 e. The van der Waals surface area contributed by atoms with E-state index in [1.807, 2.05) is 0 Å². The maximum Gasteiger partial charge on any atom is 0.363 e. The van der Waals surface area contributed by atoms with Crippen LogP contribution in [0.4, 0.5) is 0 Å². The molecule has 2 N–H and O–H groups in total. The lowest BCUT2D eigenvalue weighted by atomic mass is 10.2. The smallest absolute Gasteiger partial charge is 0.363 e. The molecule has 0 radical (unpaired) electrons. The number of nitrogens with one attached hydrogen (secondary N) is 2. The largest absolute Gasteiger partial charge is 0.375 e. The molecule has 0 aliphatic carbocycles. The second kappa shape index (κ2) is 4.30. The van der Waals surface area contributed by atoms with Crippen molar-refractivity contribution in [3.8, 4) is 0 Å². The van der Waals surface area contributed by atoms with Gasteiger partial charge in [0.25, 0.3) is 5.56 Å². The van der Waals surface area contributed by atoms with Crippen molar-refractivity contribution in [2.24, 2.45) is 0 Å². The van der Waals surface area contributed by atoms with Crippen LogP contribution in [0.2, 0.25) is 0 Å². The molecule has 8 heteroatoms. The van der Waals surface area contributed by atoms with Crippen LogP contribution in [-0.2, 0) is 4.74 Å². The molecule has 3 rings (SSSR count). The molecule has 0 saturated carbocycles. The molecule has 18 heavy (non-hydrogen) atoms. The van der Waals surface area contributed by atoms with Crippen molar-refractivity contribution in [2.75, 3.05) is 6.61 Å². The monoisotopic (exact) mass is 252 g/mol. The van der Waals surface area contributed by atoms with Gasteiger partial charge in [0.1, 0.15) is 0 Å². The number of aromatic amines is 2. The number of imidazole rings is 1. The highest BCUT2D eigenvalue weighted by Crippen LogP contribution is 2.12. The van der Waals surface area contributed by atoms with Gasteiger partial charge in [0.05, 0.1) is 12.9 Å². The summed E-state index contributed by atoms with van der Waals surface area (Å²) >= 11 is 0. The van der Waals surface area contributed by atoms with Crippen LogP contribution in [0.3, 0.4) is 0 Å². The third kappa shape index (κ3) is 1.80. The van der Waals surface area contributed by atoms with Crippen LogP contribution >= 0.6 is 0 Å². The molecule has 1 fully saturated rings. The van der Waals surface area contributed by atoms with Gasteiger partial charge < -0.3 is 14.6 Å². The minimum absolute atomic E-state index is 0.165. The van der Waals surface area contributed by atoms with Crippen molar-refractivity contribution < 1.29 is 9.57 Å². The molecular weight excluding hydrogens is 240 g/mol. The van der Waals surface area contributed by atoms with E-state index in [1.165, 1.54) is 6.33 Å². The molecule has 3 heterocycles. The van der Waals surface area contributed by atoms with Crippen LogP contribution in [0.5, 0.6) is 0 Å². The lowest BCUT2D eigenvalue weighted by Crippen LogP contribution is -2.40. The molecule has 2 aromatic rings. The number of hydrogen-bond donors (Lipinski definition) is 2. The van der Waals surface area contributed by atoms with E-state index < -0.39 is 17.5 Å². The Morgan fingerprint density at radius 3 is 3.11 bits per heavy atom. The zero-order valence-corrected chi connectivity index (χ0v) is 9.51. The second-order valence-electron chi connectivity index (χ2n) is 4.06. The van der Waals surface area contributed by atoms with Crippen LogP contribution < -0.4 is 16.1 Å². The molecule has 1 aliphatic rings. The van der Waals surface area contributed by atoms with Crippen LogP contribution in [0.1, 0.15) is 19.3 Å². The van der Waals surface area contributed by atoms with E-state index in [1.54, 1.807) is 0 Å². The van der Waals surface area contributed by atoms with Gasteiger partial charge in [0, 0.05) is 6.42 Å². The molecule has 1 aliphatic heterocycles. The molecule has 0 spiro atoms. The Kier molecular flexibility index (Phi) is 2.63. The first-order valence-corrected chi connectivity index (χ1v) is 5.73. The van der Waals surface area contributed by atoms with E-state index in [-0.39, 0.29) is 11.2 Å². The molecule has 0 amide bonds. The molecule has 1 atom stereocenters. The first-order valence-electron chi connectivity index (χ1n) is 5.73. The molecule has 0 bridgehead atoms.